The molecule has 3 heterocycles. The van der Waals surface area contributed by atoms with E-state index in [2.05, 4.69) is 108 Å². The van der Waals surface area contributed by atoms with E-state index in [0.717, 1.165) is 44.3 Å². The molecule has 0 aliphatic rings. The summed E-state index contributed by atoms with van der Waals surface area (Å²) >= 11 is 1.83. The van der Waals surface area contributed by atoms with Gasteiger partial charge in [-0.3, -0.25) is 5.41 Å². The summed E-state index contributed by atoms with van der Waals surface area (Å²) in [6.45, 7) is 0. The molecule has 11 rings (SSSR count). The van der Waals surface area contributed by atoms with Crippen LogP contribution in [-0.4, -0.2) is 22.5 Å². The molecule has 0 saturated heterocycles. The van der Waals surface area contributed by atoms with E-state index < -0.39 is 0 Å². The highest BCUT2D eigenvalue weighted by molar-refractivity contribution is 7.26. The number of para-hydroxylation sites is 3. The van der Waals surface area contributed by atoms with E-state index in [1.807, 2.05) is 90.2 Å². The Hall–Kier alpha value is -7.41. The third-order valence-corrected chi connectivity index (χ3v) is 12.0. The van der Waals surface area contributed by atoms with Crippen LogP contribution < -0.4 is 0 Å². The number of rotatable bonds is 5. The van der Waals surface area contributed by atoms with Gasteiger partial charge in [-0.15, -0.1) is 11.3 Å². The number of nitrogens with one attached hydrogen (secondary N) is 1. The van der Waals surface area contributed by atoms with Gasteiger partial charge in [0.05, 0.1) is 16.6 Å². The molecule has 11 aromatic rings. The van der Waals surface area contributed by atoms with Crippen molar-refractivity contribution in [3.05, 3.63) is 199 Å². The first kappa shape index (κ1) is 33.0. The molecule has 268 valence electrons. The molecule has 0 saturated carbocycles. The largest absolute Gasteiger partial charge is 0.455 e. The molecule has 0 fully saturated rings. The highest BCUT2D eigenvalue weighted by Crippen LogP contribution is 2.45. The maximum Gasteiger partial charge on any atom is 0.165 e. The summed E-state index contributed by atoms with van der Waals surface area (Å²) in [5, 5.41) is 15.9. The van der Waals surface area contributed by atoms with Crippen LogP contribution in [0.15, 0.2) is 196 Å². The molecule has 57 heavy (non-hydrogen) atoms. The summed E-state index contributed by atoms with van der Waals surface area (Å²) in [7, 11) is 0. The van der Waals surface area contributed by atoms with Crippen molar-refractivity contribution >= 4 is 93.1 Å². The number of hydrogen-bond acceptors (Lipinski definition) is 3. The fourth-order valence-electron chi connectivity index (χ4n) is 8.19. The van der Waals surface area contributed by atoms with E-state index in [1.165, 1.54) is 42.0 Å². The molecule has 0 bridgehead atoms. The normalized spacial score (nSPS) is 12.3. The van der Waals surface area contributed by atoms with E-state index in [0.29, 0.717) is 17.0 Å². The van der Waals surface area contributed by atoms with Crippen LogP contribution in [0.4, 0.5) is 0 Å². The first-order valence-electron chi connectivity index (χ1n) is 18.9. The second-order valence-corrected chi connectivity index (χ2v) is 15.2. The van der Waals surface area contributed by atoms with Gasteiger partial charge in [-0.1, -0.05) is 140 Å². The van der Waals surface area contributed by atoms with Gasteiger partial charge in [0.15, 0.2) is 11.7 Å². The van der Waals surface area contributed by atoms with Crippen molar-refractivity contribution in [2.45, 2.75) is 0 Å². The number of fused-ring (bicyclic) bond motifs is 9. The second kappa shape index (κ2) is 13.4. The van der Waals surface area contributed by atoms with Gasteiger partial charge in [-0.2, -0.15) is 0 Å². The van der Waals surface area contributed by atoms with E-state index in [4.69, 9.17) is 19.8 Å². The number of furan rings is 1. The first-order valence-corrected chi connectivity index (χ1v) is 19.7. The Morgan fingerprint density at radius 3 is 2.02 bits per heavy atom. The molecular formula is C51H32N4OS. The maximum absolute atomic E-state index is 8.91. The third-order valence-electron chi connectivity index (χ3n) is 10.8. The quantitative estimate of drug-likeness (QED) is 0.138. The van der Waals surface area contributed by atoms with E-state index in [9.17, 15) is 0 Å². The SMILES string of the molecule is N=C(/N=C(\N=C\c1ccccc1)c1cccc2c1oc1cccc(-c3cccc4c3sc3ccc(-n5c6ccccc6c6ccccc65)cc34)c12)c1ccccc1. The smallest absolute Gasteiger partial charge is 0.165 e. The molecule has 0 unspecified atom stereocenters. The topological polar surface area (TPSA) is 66.6 Å². The average molecular weight is 749 g/mol. The minimum absolute atomic E-state index is 0.127. The molecule has 0 radical (unpaired) electrons. The molecule has 0 atom stereocenters. The van der Waals surface area contributed by atoms with Crippen LogP contribution in [0.3, 0.4) is 0 Å². The Kier molecular flexibility index (Phi) is 7.76. The van der Waals surface area contributed by atoms with E-state index in [-0.39, 0.29) is 5.84 Å². The summed E-state index contributed by atoms with van der Waals surface area (Å²) in [4.78, 5) is 9.68. The van der Waals surface area contributed by atoms with Crippen molar-refractivity contribution in [2.24, 2.45) is 9.98 Å². The lowest BCUT2D eigenvalue weighted by Crippen LogP contribution is -2.05. The number of thiophene rings is 1. The van der Waals surface area contributed by atoms with Crippen molar-refractivity contribution < 1.29 is 4.42 Å². The van der Waals surface area contributed by atoms with Crippen LogP contribution in [0.1, 0.15) is 16.7 Å². The zero-order valence-corrected chi connectivity index (χ0v) is 31.4. The molecule has 5 nitrogen and oxygen atoms in total. The molecule has 0 amide bonds. The molecule has 1 N–H and O–H groups in total. The predicted octanol–water partition coefficient (Wildman–Crippen LogP) is 13.6. The van der Waals surface area contributed by atoms with Crippen LogP contribution >= 0.6 is 11.3 Å². The van der Waals surface area contributed by atoms with Crippen molar-refractivity contribution in [1.29, 1.82) is 5.41 Å². The summed E-state index contributed by atoms with van der Waals surface area (Å²) in [6, 6.07) is 62.7. The van der Waals surface area contributed by atoms with Crippen LogP contribution in [0, 0.1) is 5.41 Å². The van der Waals surface area contributed by atoms with Gasteiger partial charge in [0.2, 0.25) is 0 Å². The fourth-order valence-corrected chi connectivity index (χ4v) is 9.40. The molecule has 8 aromatic carbocycles. The number of benzene rings is 8. The molecule has 0 aliphatic carbocycles. The fraction of sp³-hybridized carbons (Fsp3) is 0. The lowest BCUT2D eigenvalue weighted by molar-refractivity contribution is 0.668. The van der Waals surface area contributed by atoms with E-state index in [1.54, 1.807) is 6.21 Å². The second-order valence-electron chi connectivity index (χ2n) is 14.1. The lowest BCUT2D eigenvalue weighted by Gasteiger charge is -2.08. The molecule has 3 aromatic heterocycles. The van der Waals surface area contributed by atoms with E-state index >= 15 is 0 Å². The van der Waals surface area contributed by atoms with Crippen molar-refractivity contribution in [2.75, 3.05) is 0 Å². The Balaban J connectivity index is 1.08. The van der Waals surface area contributed by atoms with Crippen molar-refractivity contribution in [3.8, 4) is 16.8 Å². The number of nitrogens with zero attached hydrogens (tertiary/aromatic N) is 3. The number of hydrogen-bond donors (Lipinski definition) is 1. The number of aromatic nitrogens is 1. The van der Waals surface area contributed by atoms with Crippen molar-refractivity contribution in [3.63, 3.8) is 0 Å². The number of aliphatic imine (C=N–C) groups is 2. The maximum atomic E-state index is 8.91. The molecule has 0 spiro atoms. The van der Waals surface area contributed by atoms with Crippen LogP contribution in [0.25, 0.3) is 80.7 Å². The van der Waals surface area contributed by atoms with Crippen molar-refractivity contribution in [1.82, 2.24) is 4.57 Å². The Morgan fingerprint density at radius 2 is 1.23 bits per heavy atom. The lowest BCUT2D eigenvalue weighted by atomic mass is 9.97. The Labute approximate surface area is 331 Å². The van der Waals surface area contributed by atoms with Gasteiger partial charge in [-0.25, -0.2) is 9.98 Å². The van der Waals surface area contributed by atoms with Gasteiger partial charge in [0.25, 0.3) is 0 Å². The van der Waals surface area contributed by atoms with Gasteiger partial charge in [0, 0.05) is 64.7 Å². The first-order chi connectivity index (χ1) is 28.2. The zero-order chi connectivity index (χ0) is 37.9. The van der Waals surface area contributed by atoms with Gasteiger partial charge in [0.1, 0.15) is 11.2 Å². The van der Waals surface area contributed by atoms with Gasteiger partial charge in [-0.05, 0) is 53.6 Å². The minimum Gasteiger partial charge on any atom is -0.455 e. The summed E-state index contributed by atoms with van der Waals surface area (Å²) < 4.78 is 11.6. The van der Waals surface area contributed by atoms with Crippen LogP contribution in [0.5, 0.6) is 0 Å². The summed E-state index contributed by atoms with van der Waals surface area (Å²) in [5.74, 6) is 0.534. The third kappa shape index (κ3) is 5.49. The predicted molar refractivity (Wildman–Crippen MR) is 240 cm³/mol. The van der Waals surface area contributed by atoms with Gasteiger partial charge >= 0.3 is 0 Å². The molecular weight excluding hydrogens is 717 g/mol. The molecule has 6 heteroatoms. The standard InChI is InChI=1S/C51H32N4OS/c52-50(33-16-5-2-6-17-33)54-51(53-31-32-14-3-1-4-15-32)41-24-12-23-40-47-37(20-13-27-45(47)56-48(40)41)38-21-11-22-39-42-30-34(28-29-46(42)57-49(38)39)55-43-25-9-7-18-35(43)36-19-8-10-26-44(36)55/h1-31,52H/b52-50?,53-31+,54-51-. The molecule has 0 aliphatic heterocycles. The highest BCUT2D eigenvalue weighted by Gasteiger charge is 2.21. The average Bonchev–Trinajstić information content (AvgIpc) is 3.95. The Morgan fingerprint density at radius 1 is 0.579 bits per heavy atom. The summed E-state index contributed by atoms with van der Waals surface area (Å²) in [6.07, 6.45) is 1.79. The number of amidine groups is 2. The van der Waals surface area contributed by atoms with Crippen LogP contribution in [0.2, 0.25) is 0 Å². The Bertz CT molecular complexity index is 3370. The zero-order valence-electron chi connectivity index (χ0n) is 30.6. The monoisotopic (exact) mass is 748 g/mol. The highest BCUT2D eigenvalue weighted by atomic mass is 32.1. The summed E-state index contributed by atoms with van der Waals surface area (Å²) in [5.41, 5.74) is 9.65. The van der Waals surface area contributed by atoms with Gasteiger partial charge < -0.3 is 8.98 Å². The van der Waals surface area contributed by atoms with Crippen LogP contribution in [-0.2, 0) is 0 Å². The minimum atomic E-state index is 0.127.